The second-order valence-electron chi connectivity index (χ2n) is 4.39. The third-order valence-corrected chi connectivity index (χ3v) is 5.12. The van der Waals surface area contributed by atoms with E-state index in [1.165, 1.54) is 32.2 Å². The molecule has 5 heteroatoms. The van der Waals surface area contributed by atoms with Gasteiger partial charge in [-0.3, -0.25) is 0 Å². The van der Waals surface area contributed by atoms with E-state index in [4.69, 9.17) is 0 Å². The van der Waals surface area contributed by atoms with E-state index in [0.717, 1.165) is 12.1 Å². The van der Waals surface area contributed by atoms with Crippen molar-refractivity contribution < 1.29 is 4.39 Å². The van der Waals surface area contributed by atoms with Gasteiger partial charge in [-0.05, 0) is 65.6 Å². The number of rotatable bonds is 2. The molecule has 0 spiro atoms. The van der Waals surface area contributed by atoms with Crippen molar-refractivity contribution in [1.82, 2.24) is 4.98 Å². The number of hydrogen-bond donors (Lipinski definition) is 1. The number of thiophene rings is 1. The predicted molar refractivity (Wildman–Crippen MR) is 80.5 cm³/mol. The van der Waals surface area contributed by atoms with Gasteiger partial charge in [0.1, 0.15) is 0 Å². The van der Waals surface area contributed by atoms with Gasteiger partial charge in [0.05, 0.1) is 20.8 Å². The summed E-state index contributed by atoms with van der Waals surface area (Å²) < 4.78 is 14.1. The van der Waals surface area contributed by atoms with Gasteiger partial charge in [0.2, 0.25) is 5.95 Å². The molecule has 0 aliphatic heterocycles. The van der Waals surface area contributed by atoms with Crippen molar-refractivity contribution in [3.05, 3.63) is 43.7 Å². The maximum Gasteiger partial charge on any atom is 0.212 e. The average Bonchev–Trinajstić information content (AvgIpc) is 2.73. The van der Waals surface area contributed by atoms with E-state index < -0.39 is 5.95 Å². The first-order valence-electron chi connectivity index (χ1n) is 5.88. The molecule has 0 saturated heterocycles. The molecule has 2 aromatic rings. The number of fused-ring (bicyclic) bond motifs is 1. The summed E-state index contributed by atoms with van der Waals surface area (Å²) in [5, 5.41) is 3.45. The quantitative estimate of drug-likeness (QED) is 0.624. The Morgan fingerprint density at radius 1 is 1.44 bits per heavy atom. The van der Waals surface area contributed by atoms with E-state index in [9.17, 15) is 4.39 Å². The molecule has 1 N–H and O–H groups in total. The number of aromatic nitrogens is 1. The zero-order chi connectivity index (χ0) is 12.5. The molecular formula is C13H12FIN2S. The third-order valence-electron chi connectivity index (χ3n) is 3.15. The van der Waals surface area contributed by atoms with Crippen LogP contribution >= 0.6 is 33.9 Å². The standard InChI is InChI=1S/C13H12FIN2S/c14-12-5-4-8(7-16-12)17-10-2-1-3-11-9(10)6-13(15)18-11/h4-7,10,17H,1-3H2. The van der Waals surface area contributed by atoms with Gasteiger partial charge in [0, 0.05) is 4.88 Å². The summed E-state index contributed by atoms with van der Waals surface area (Å²) in [7, 11) is 0. The van der Waals surface area contributed by atoms with Gasteiger partial charge in [-0.1, -0.05) is 0 Å². The number of aryl methyl sites for hydroxylation is 1. The molecule has 18 heavy (non-hydrogen) atoms. The Hall–Kier alpha value is -0.690. The summed E-state index contributed by atoms with van der Waals surface area (Å²) >= 11 is 4.25. The van der Waals surface area contributed by atoms with E-state index in [-0.39, 0.29) is 0 Å². The van der Waals surface area contributed by atoms with Gasteiger partial charge < -0.3 is 5.32 Å². The van der Waals surface area contributed by atoms with Crippen LogP contribution in [0, 0.1) is 8.83 Å². The van der Waals surface area contributed by atoms with Crippen LogP contribution in [0.5, 0.6) is 0 Å². The van der Waals surface area contributed by atoms with Gasteiger partial charge >= 0.3 is 0 Å². The topological polar surface area (TPSA) is 24.9 Å². The first kappa shape index (κ1) is 12.3. The molecule has 0 amide bonds. The van der Waals surface area contributed by atoms with Crippen molar-refractivity contribution in [3.63, 3.8) is 0 Å². The fraction of sp³-hybridized carbons (Fsp3) is 0.308. The Labute approximate surface area is 123 Å². The monoisotopic (exact) mass is 374 g/mol. The zero-order valence-corrected chi connectivity index (χ0v) is 12.6. The molecule has 94 valence electrons. The summed E-state index contributed by atoms with van der Waals surface area (Å²) in [4.78, 5) is 5.16. The van der Waals surface area contributed by atoms with Gasteiger partial charge in [-0.25, -0.2) is 4.98 Å². The van der Waals surface area contributed by atoms with Crippen LogP contribution < -0.4 is 5.32 Å². The lowest BCUT2D eigenvalue weighted by Crippen LogP contribution is -2.15. The molecule has 0 saturated carbocycles. The minimum Gasteiger partial charge on any atom is -0.377 e. The number of nitrogens with zero attached hydrogens (tertiary/aromatic N) is 1. The maximum absolute atomic E-state index is 12.8. The van der Waals surface area contributed by atoms with E-state index in [1.807, 2.05) is 11.3 Å². The molecule has 2 nitrogen and oxygen atoms in total. The molecule has 1 atom stereocenters. The third kappa shape index (κ3) is 2.51. The lowest BCUT2D eigenvalue weighted by atomic mass is 9.94. The highest BCUT2D eigenvalue weighted by atomic mass is 127. The highest BCUT2D eigenvalue weighted by Gasteiger charge is 2.22. The van der Waals surface area contributed by atoms with Crippen molar-refractivity contribution in [1.29, 1.82) is 0 Å². The molecule has 1 unspecified atom stereocenters. The van der Waals surface area contributed by atoms with Crippen LogP contribution in [-0.2, 0) is 6.42 Å². The summed E-state index contributed by atoms with van der Waals surface area (Å²) in [5.74, 6) is -0.435. The molecule has 2 heterocycles. The molecule has 0 aromatic carbocycles. The molecule has 1 aliphatic rings. The summed E-state index contributed by atoms with van der Waals surface area (Å²) in [6.07, 6.45) is 5.07. The maximum atomic E-state index is 12.8. The normalized spacial score (nSPS) is 18.4. The summed E-state index contributed by atoms with van der Waals surface area (Å²) in [6.45, 7) is 0. The number of pyridine rings is 1. The molecule has 1 aliphatic carbocycles. The van der Waals surface area contributed by atoms with Gasteiger partial charge in [0.25, 0.3) is 0 Å². The molecule has 3 rings (SSSR count). The lowest BCUT2D eigenvalue weighted by molar-refractivity contribution is 0.582. The van der Waals surface area contributed by atoms with Crippen LogP contribution in [0.4, 0.5) is 10.1 Å². The van der Waals surface area contributed by atoms with Crippen molar-refractivity contribution in [3.8, 4) is 0 Å². The summed E-state index contributed by atoms with van der Waals surface area (Å²) in [6, 6.07) is 5.73. The van der Waals surface area contributed by atoms with Crippen molar-refractivity contribution >= 4 is 39.6 Å². The first-order valence-corrected chi connectivity index (χ1v) is 7.78. The molecule has 2 aromatic heterocycles. The second-order valence-corrected chi connectivity index (χ2v) is 7.42. The van der Waals surface area contributed by atoms with E-state index in [2.05, 4.69) is 39.0 Å². The average molecular weight is 374 g/mol. The second kappa shape index (κ2) is 5.13. The van der Waals surface area contributed by atoms with Gasteiger partial charge in [-0.15, -0.1) is 11.3 Å². The number of hydrogen-bond acceptors (Lipinski definition) is 3. The fourth-order valence-corrected chi connectivity index (χ4v) is 4.45. The van der Waals surface area contributed by atoms with Crippen LogP contribution in [0.25, 0.3) is 0 Å². The van der Waals surface area contributed by atoms with Crippen LogP contribution in [0.3, 0.4) is 0 Å². The van der Waals surface area contributed by atoms with Crippen LogP contribution in [0.15, 0.2) is 24.4 Å². The van der Waals surface area contributed by atoms with Crippen LogP contribution in [0.2, 0.25) is 0 Å². The Morgan fingerprint density at radius 3 is 3.11 bits per heavy atom. The van der Waals surface area contributed by atoms with Gasteiger partial charge in [-0.2, -0.15) is 4.39 Å². The first-order chi connectivity index (χ1) is 8.72. The van der Waals surface area contributed by atoms with Crippen molar-refractivity contribution in [2.24, 2.45) is 0 Å². The van der Waals surface area contributed by atoms with Gasteiger partial charge in [0.15, 0.2) is 0 Å². The Kier molecular flexibility index (Phi) is 3.52. The Bertz CT molecular complexity index is 553. The molecular weight excluding hydrogens is 362 g/mol. The number of halogens is 2. The summed E-state index contributed by atoms with van der Waals surface area (Å²) in [5.41, 5.74) is 2.29. The molecule has 0 bridgehead atoms. The highest BCUT2D eigenvalue weighted by Crippen LogP contribution is 2.37. The number of nitrogens with one attached hydrogen (secondary N) is 1. The van der Waals surface area contributed by atoms with Crippen LogP contribution in [0.1, 0.15) is 29.3 Å². The van der Waals surface area contributed by atoms with Crippen molar-refractivity contribution in [2.75, 3.05) is 5.32 Å². The largest absolute Gasteiger partial charge is 0.377 e. The van der Waals surface area contributed by atoms with E-state index >= 15 is 0 Å². The zero-order valence-electron chi connectivity index (χ0n) is 9.62. The van der Waals surface area contributed by atoms with Crippen molar-refractivity contribution in [2.45, 2.75) is 25.3 Å². The fourth-order valence-electron chi connectivity index (χ4n) is 2.33. The Morgan fingerprint density at radius 2 is 2.33 bits per heavy atom. The smallest absolute Gasteiger partial charge is 0.212 e. The minimum absolute atomic E-state index is 0.334. The Balaban J connectivity index is 1.83. The predicted octanol–water partition coefficient (Wildman–Crippen LogP) is 4.38. The molecule has 0 fully saturated rings. The lowest BCUT2D eigenvalue weighted by Gasteiger charge is -2.24. The minimum atomic E-state index is -0.435. The van der Waals surface area contributed by atoms with Crippen LogP contribution in [-0.4, -0.2) is 4.98 Å². The highest BCUT2D eigenvalue weighted by molar-refractivity contribution is 14.1. The van der Waals surface area contributed by atoms with E-state index in [1.54, 1.807) is 12.3 Å². The van der Waals surface area contributed by atoms with E-state index in [0.29, 0.717) is 6.04 Å². The number of anilines is 1. The SMILES string of the molecule is Fc1ccc(NC2CCCc3sc(I)cc32)cn1. The molecule has 0 radical (unpaired) electrons.